The molecule has 0 spiro atoms. The third-order valence-electron chi connectivity index (χ3n) is 5.84. The molecule has 2 aromatic heterocycles. The van der Waals surface area contributed by atoms with Crippen LogP contribution in [0.1, 0.15) is 36.9 Å². The highest BCUT2D eigenvalue weighted by Gasteiger charge is 2.08. The van der Waals surface area contributed by atoms with Crippen LogP contribution < -0.4 is 11.5 Å². The van der Waals surface area contributed by atoms with E-state index in [-0.39, 0.29) is 11.6 Å². The summed E-state index contributed by atoms with van der Waals surface area (Å²) in [6.45, 7) is 0. The number of thioether (sulfide) groups is 2. The third-order valence-corrected chi connectivity index (χ3v) is 8.04. The summed E-state index contributed by atoms with van der Waals surface area (Å²) in [4.78, 5) is 34.4. The Bertz CT molecular complexity index is 1220. The average Bonchev–Trinajstić information content (AvgIpc) is 2.97. The Balaban J connectivity index is 0.000000220. The number of anilines is 2. The van der Waals surface area contributed by atoms with Crippen LogP contribution in [0.4, 0.5) is 11.4 Å². The van der Waals surface area contributed by atoms with E-state index in [2.05, 4.69) is 34.2 Å². The molecule has 6 nitrogen and oxygen atoms in total. The fraction of sp³-hybridized carbons (Fsp3) is 0.250. The summed E-state index contributed by atoms with van der Waals surface area (Å²) in [5.74, 6) is 2.33. The van der Waals surface area contributed by atoms with E-state index in [0.29, 0.717) is 42.8 Å². The molecule has 0 unspecified atom stereocenters. The van der Waals surface area contributed by atoms with Crippen LogP contribution >= 0.6 is 23.5 Å². The SMILES string of the molecule is Nc1cccnc1CC(=O)CCCSc1ccccc1.Nc1ccncc1CC(=O)CCCSc1ccccc1. The number of carbonyl (C=O) groups is 2. The molecule has 8 heteroatoms. The number of nitrogens with zero attached hydrogens (tertiary/aromatic N) is 2. The molecule has 0 radical (unpaired) electrons. The van der Waals surface area contributed by atoms with Gasteiger partial charge in [-0.1, -0.05) is 36.4 Å². The number of pyridine rings is 2. The van der Waals surface area contributed by atoms with Gasteiger partial charge in [0.1, 0.15) is 11.6 Å². The first kappa shape index (κ1) is 30.9. The van der Waals surface area contributed by atoms with Crippen molar-refractivity contribution in [3.8, 4) is 0 Å². The van der Waals surface area contributed by atoms with Gasteiger partial charge < -0.3 is 11.5 Å². The van der Waals surface area contributed by atoms with Gasteiger partial charge in [-0.05, 0) is 66.8 Å². The molecule has 0 aliphatic heterocycles. The second kappa shape index (κ2) is 17.9. The smallest absolute Gasteiger partial charge is 0.138 e. The number of carbonyl (C=O) groups excluding carboxylic acids is 2. The maximum atomic E-state index is 11.9. The van der Waals surface area contributed by atoms with Crippen LogP contribution in [0, 0.1) is 0 Å². The second-order valence-electron chi connectivity index (χ2n) is 9.07. The van der Waals surface area contributed by atoms with Crippen molar-refractivity contribution >= 4 is 46.5 Å². The standard InChI is InChI=1S/2C16H18N2OS/c17-15-9-4-10-18-16(15)12-13(19)6-5-11-20-14-7-2-1-3-8-14;17-16-8-9-18-12-13(16)11-14(19)5-4-10-20-15-6-2-1-3-7-15/h1-4,7-10H,5-6,11-12,17H2;1-3,6-9,12H,4-5,10-11H2,(H2,17,18). The lowest BCUT2D eigenvalue weighted by Gasteiger charge is -2.04. The number of hydrogen-bond donors (Lipinski definition) is 2. The van der Waals surface area contributed by atoms with E-state index in [1.807, 2.05) is 36.4 Å². The van der Waals surface area contributed by atoms with Gasteiger partial charge in [-0.15, -0.1) is 23.5 Å². The van der Waals surface area contributed by atoms with Gasteiger partial charge in [0, 0.05) is 58.9 Å². The van der Waals surface area contributed by atoms with Gasteiger partial charge >= 0.3 is 0 Å². The van der Waals surface area contributed by atoms with E-state index >= 15 is 0 Å². The van der Waals surface area contributed by atoms with Gasteiger partial charge in [0.05, 0.1) is 17.8 Å². The maximum absolute atomic E-state index is 11.9. The van der Waals surface area contributed by atoms with Crippen LogP contribution in [0.15, 0.2) is 107 Å². The molecular formula is C32H36N4O2S2. The average molecular weight is 573 g/mol. The molecule has 0 amide bonds. The van der Waals surface area contributed by atoms with Crippen LogP contribution in [-0.2, 0) is 22.4 Å². The van der Waals surface area contributed by atoms with Crippen LogP contribution in [0.2, 0.25) is 0 Å². The molecule has 4 aromatic rings. The van der Waals surface area contributed by atoms with Gasteiger partial charge in [0.25, 0.3) is 0 Å². The minimum absolute atomic E-state index is 0.198. The largest absolute Gasteiger partial charge is 0.398 e. The number of hydrogen-bond acceptors (Lipinski definition) is 8. The summed E-state index contributed by atoms with van der Waals surface area (Å²) in [7, 11) is 0. The fourth-order valence-corrected chi connectivity index (χ4v) is 5.46. The monoisotopic (exact) mass is 572 g/mol. The molecule has 0 bridgehead atoms. The first-order valence-corrected chi connectivity index (χ1v) is 15.2. The van der Waals surface area contributed by atoms with Crippen molar-refractivity contribution in [2.24, 2.45) is 0 Å². The zero-order valence-corrected chi connectivity index (χ0v) is 24.2. The van der Waals surface area contributed by atoms with E-state index in [4.69, 9.17) is 11.5 Å². The number of ketones is 2. The number of rotatable bonds is 14. The molecule has 0 aliphatic rings. The summed E-state index contributed by atoms with van der Waals surface area (Å²) in [6.07, 6.45) is 8.64. The molecule has 2 heterocycles. The molecule has 40 heavy (non-hydrogen) atoms. The van der Waals surface area contributed by atoms with Crippen molar-refractivity contribution in [3.63, 3.8) is 0 Å². The van der Waals surface area contributed by atoms with Gasteiger partial charge in [-0.3, -0.25) is 19.6 Å². The molecule has 0 saturated carbocycles. The van der Waals surface area contributed by atoms with Gasteiger partial charge in [0.2, 0.25) is 0 Å². The summed E-state index contributed by atoms with van der Waals surface area (Å²) >= 11 is 3.56. The minimum atomic E-state index is 0.198. The van der Waals surface area contributed by atoms with E-state index in [9.17, 15) is 9.59 Å². The normalized spacial score (nSPS) is 10.4. The van der Waals surface area contributed by atoms with Crippen LogP contribution in [-0.4, -0.2) is 33.0 Å². The highest BCUT2D eigenvalue weighted by molar-refractivity contribution is 7.99. The second-order valence-corrected chi connectivity index (χ2v) is 11.4. The Hall–Kier alpha value is -3.62. The summed E-state index contributed by atoms with van der Waals surface area (Å²) in [5.41, 5.74) is 14.3. The highest BCUT2D eigenvalue weighted by atomic mass is 32.2. The Morgan fingerprint density at radius 3 is 1.77 bits per heavy atom. The predicted molar refractivity (Wildman–Crippen MR) is 168 cm³/mol. The lowest BCUT2D eigenvalue weighted by Crippen LogP contribution is -2.07. The zero-order valence-electron chi connectivity index (χ0n) is 22.6. The molecule has 4 N–H and O–H groups in total. The van der Waals surface area contributed by atoms with Gasteiger partial charge in [-0.25, -0.2) is 0 Å². The van der Waals surface area contributed by atoms with Crippen molar-refractivity contribution in [3.05, 3.63) is 109 Å². The fourth-order valence-electron chi connectivity index (χ4n) is 3.71. The van der Waals surface area contributed by atoms with E-state index in [1.54, 1.807) is 60.3 Å². The van der Waals surface area contributed by atoms with Crippen LogP contribution in [0.3, 0.4) is 0 Å². The molecule has 2 aromatic carbocycles. The van der Waals surface area contributed by atoms with Crippen molar-refractivity contribution in [1.29, 1.82) is 0 Å². The quantitative estimate of drug-likeness (QED) is 0.127. The van der Waals surface area contributed by atoms with E-state index in [0.717, 1.165) is 29.9 Å². The number of nitrogens with two attached hydrogens (primary N) is 2. The zero-order chi connectivity index (χ0) is 28.4. The van der Waals surface area contributed by atoms with Crippen molar-refractivity contribution < 1.29 is 9.59 Å². The highest BCUT2D eigenvalue weighted by Crippen LogP contribution is 2.20. The number of benzene rings is 2. The molecule has 0 aliphatic carbocycles. The van der Waals surface area contributed by atoms with E-state index in [1.165, 1.54) is 9.79 Å². The Labute approximate surface area is 245 Å². The molecular weight excluding hydrogens is 537 g/mol. The number of aromatic nitrogens is 2. The lowest BCUT2D eigenvalue weighted by molar-refractivity contribution is -0.119. The van der Waals surface area contributed by atoms with Crippen molar-refractivity contribution in [2.45, 2.75) is 48.3 Å². The summed E-state index contributed by atoms with van der Waals surface area (Å²) < 4.78 is 0. The predicted octanol–water partition coefficient (Wildman–Crippen LogP) is 6.70. The minimum Gasteiger partial charge on any atom is -0.398 e. The Kier molecular flexibility index (Phi) is 13.8. The molecule has 208 valence electrons. The third kappa shape index (κ3) is 12.1. The summed E-state index contributed by atoms with van der Waals surface area (Å²) in [6, 6.07) is 25.7. The van der Waals surface area contributed by atoms with E-state index < -0.39 is 0 Å². The number of nitrogen functional groups attached to an aromatic ring is 2. The molecule has 4 rings (SSSR count). The molecule has 0 atom stereocenters. The first-order valence-electron chi connectivity index (χ1n) is 13.3. The Morgan fingerprint density at radius 2 is 1.23 bits per heavy atom. The molecule has 0 fully saturated rings. The topological polar surface area (TPSA) is 112 Å². The van der Waals surface area contributed by atoms with Crippen LogP contribution in [0.5, 0.6) is 0 Å². The number of Topliss-reactive ketones (excluding diaryl/α,β-unsaturated/α-hetero) is 2. The molecule has 0 saturated heterocycles. The summed E-state index contributed by atoms with van der Waals surface area (Å²) in [5, 5.41) is 0. The lowest BCUT2D eigenvalue weighted by atomic mass is 10.1. The Morgan fingerprint density at radius 1 is 0.650 bits per heavy atom. The first-order chi connectivity index (χ1) is 19.5. The van der Waals surface area contributed by atoms with Crippen LogP contribution in [0.25, 0.3) is 0 Å². The van der Waals surface area contributed by atoms with Gasteiger partial charge in [0.15, 0.2) is 0 Å². The maximum Gasteiger partial charge on any atom is 0.138 e. The van der Waals surface area contributed by atoms with Gasteiger partial charge in [-0.2, -0.15) is 0 Å². The van der Waals surface area contributed by atoms with Crippen molar-refractivity contribution in [2.75, 3.05) is 23.0 Å². The van der Waals surface area contributed by atoms with Crippen molar-refractivity contribution in [1.82, 2.24) is 9.97 Å².